The lowest BCUT2D eigenvalue weighted by Crippen LogP contribution is -2.54. The van der Waals surface area contributed by atoms with E-state index >= 15 is 0 Å². The first-order valence-corrected chi connectivity index (χ1v) is 7.78. The second kappa shape index (κ2) is 5.17. The number of nitrogens with two attached hydrogens (primary N) is 1. The van der Waals surface area contributed by atoms with E-state index in [-0.39, 0.29) is 22.3 Å². The van der Waals surface area contributed by atoms with E-state index in [0.717, 1.165) is 32.1 Å². The van der Waals surface area contributed by atoms with Crippen LogP contribution in [0.1, 0.15) is 65.7 Å². The van der Waals surface area contributed by atoms with Crippen LogP contribution in [0, 0.1) is 26.4 Å². The molecule has 2 rings (SSSR count). The van der Waals surface area contributed by atoms with Crippen molar-refractivity contribution in [3.8, 4) is 0 Å². The summed E-state index contributed by atoms with van der Waals surface area (Å²) in [6.07, 6.45) is 6.92. The molecule has 2 N–H and O–H groups in total. The lowest BCUT2D eigenvalue weighted by atomic mass is 9.47. The van der Waals surface area contributed by atoms with Gasteiger partial charge < -0.3 is 10.6 Å². The first-order chi connectivity index (χ1) is 9.26. The van der Waals surface area contributed by atoms with Crippen molar-refractivity contribution in [1.29, 1.82) is 0 Å². The van der Waals surface area contributed by atoms with Crippen LogP contribution < -0.4 is 5.73 Å². The van der Waals surface area contributed by atoms with Gasteiger partial charge in [-0.2, -0.15) is 0 Å². The second-order valence-corrected chi connectivity index (χ2v) is 7.80. The third-order valence-corrected chi connectivity index (χ3v) is 5.63. The molecule has 0 spiro atoms. The predicted molar refractivity (Wildman–Crippen MR) is 77.6 cm³/mol. The average Bonchev–Trinajstić information content (AvgIpc) is 2.33. The summed E-state index contributed by atoms with van der Waals surface area (Å²) in [4.78, 5) is 15.9. The number of hydrogen-bond acceptors (Lipinski definition) is 4. The maximum atomic E-state index is 10.8. The summed E-state index contributed by atoms with van der Waals surface area (Å²) >= 11 is 0. The topological polar surface area (TPSA) is 78.4 Å². The van der Waals surface area contributed by atoms with Gasteiger partial charge in [-0.15, -0.1) is 10.1 Å². The van der Waals surface area contributed by atoms with Crippen LogP contribution in [0.2, 0.25) is 0 Å². The molecule has 0 aromatic rings. The van der Waals surface area contributed by atoms with Crippen molar-refractivity contribution in [2.75, 3.05) is 6.54 Å². The molecule has 5 nitrogen and oxygen atoms in total. The molecular weight excluding hydrogens is 256 g/mol. The maximum Gasteiger partial charge on any atom is 0.294 e. The Kier molecular flexibility index (Phi) is 4.02. The fourth-order valence-electron chi connectivity index (χ4n) is 5.39. The van der Waals surface area contributed by atoms with E-state index < -0.39 is 5.09 Å². The van der Waals surface area contributed by atoms with E-state index in [0.29, 0.717) is 13.0 Å². The molecule has 2 saturated carbocycles. The Morgan fingerprint density at radius 1 is 1.30 bits per heavy atom. The van der Waals surface area contributed by atoms with Crippen LogP contribution >= 0.6 is 0 Å². The predicted octanol–water partition coefficient (Wildman–Crippen LogP) is 3.30. The van der Waals surface area contributed by atoms with Gasteiger partial charge in [0.05, 0.1) is 0 Å². The van der Waals surface area contributed by atoms with Gasteiger partial charge in [0.25, 0.3) is 5.09 Å². The van der Waals surface area contributed by atoms with E-state index in [1.54, 1.807) is 0 Å². The molecule has 4 unspecified atom stereocenters. The highest BCUT2D eigenvalue weighted by molar-refractivity contribution is 5.06. The monoisotopic (exact) mass is 284 g/mol. The van der Waals surface area contributed by atoms with Gasteiger partial charge in [0.2, 0.25) is 0 Å². The number of hydrogen-bond donors (Lipinski definition) is 1. The molecule has 5 heteroatoms. The molecule has 2 fully saturated rings. The smallest absolute Gasteiger partial charge is 0.294 e. The lowest BCUT2D eigenvalue weighted by Gasteiger charge is -2.59. The fraction of sp³-hybridized carbons (Fsp3) is 1.00. The molecule has 20 heavy (non-hydrogen) atoms. The van der Waals surface area contributed by atoms with E-state index in [1.165, 1.54) is 6.42 Å². The van der Waals surface area contributed by atoms with Crippen LogP contribution in [0.15, 0.2) is 0 Å². The molecule has 0 radical (unpaired) electrons. The Labute approximate surface area is 121 Å². The molecule has 0 amide bonds. The molecule has 0 aromatic carbocycles. The standard InChI is InChI=1S/C15H28N2O3/c1-4-12(20-17(18)19)15-7-5-6-13(2,9-15)8-14(3,10-15)11-16/h12H,4-11,16H2,1-3H3. The minimum Gasteiger partial charge on any atom is -0.330 e. The molecular formula is C15H28N2O3. The lowest BCUT2D eigenvalue weighted by molar-refractivity contribution is -0.773. The molecule has 2 aliphatic carbocycles. The number of rotatable bonds is 5. The highest BCUT2D eigenvalue weighted by Crippen LogP contribution is 2.62. The van der Waals surface area contributed by atoms with Crippen molar-refractivity contribution in [1.82, 2.24) is 0 Å². The van der Waals surface area contributed by atoms with Crippen LogP contribution in [-0.2, 0) is 4.84 Å². The summed E-state index contributed by atoms with van der Waals surface area (Å²) in [5, 5.41) is 10.2. The average molecular weight is 284 g/mol. The summed E-state index contributed by atoms with van der Waals surface area (Å²) in [7, 11) is 0. The Hall–Kier alpha value is -0.840. The minimum absolute atomic E-state index is 0.0683. The van der Waals surface area contributed by atoms with Gasteiger partial charge in [-0.1, -0.05) is 27.2 Å². The van der Waals surface area contributed by atoms with Crippen molar-refractivity contribution < 1.29 is 9.92 Å². The SMILES string of the molecule is CCC(O[N+](=O)[O-])C12CCCC(C)(CC(C)(CN)C1)C2. The van der Waals surface area contributed by atoms with E-state index in [2.05, 4.69) is 13.8 Å². The molecule has 2 aliphatic rings. The van der Waals surface area contributed by atoms with Crippen molar-refractivity contribution in [2.45, 2.75) is 71.8 Å². The molecule has 2 bridgehead atoms. The number of fused-ring (bicyclic) bond motifs is 2. The number of nitrogens with zero attached hydrogens (tertiary/aromatic N) is 1. The van der Waals surface area contributed by atoms with Crippen molar-refractivity contribution in [3.05, 3.63) is 10.1 Å². The van der Waals surface area contributed by atoms with Gasteiger partial charge in [0.1, 0.15) is 6.10 Å². The highest BCUT2D eigenvalue weighted by Gasteiger charge is 2.56. The third-order valence-electron chi connectivity index (χ3n) is 5.63. The maximum absolute atomic E-state index is 10.8. The Morgan fingerprint density at radius 2 is 2.00 bits per heavy atom. The summed E-state index contributed by atoms with van der Waals surface area (Å²) in [5.41, 5.74) is 6.30. The zero-order valence-corrected chi connectivity index (χ0v) is 13.0. The largest absolute Gasteiger partial charge is 0.330 e. The van der Waals surface area contributed by atoms with Crippen LogP contribution in [-0.4, -0.2) is 17.7 Å². The van der Waals surface area contributed by atoms with Crippen molar-refractivity contribution >= 4 is 0 Å². The van der Waals surface area contributed by atoms with E-state index in [1.807, 2.05) is 6.92 Å². The molecule has 4 atom stereocenters. The molecule has 0 aliphatic heterocycles. The third kappa shape index (κ3) is 2.78. The van der Waals surface area contributed by atoms with Gasteiger partial charge in [0.15, 0.2) is 0 Å². The zero-order chi connectivity index (χ0) is 15.0. The van der Waals surface area contributed by atoms with Gasteiger partial charge in [-0.05, 0) is 61.3 Å². The molecule has 0 heterocycles. The van der Waals surface area contributed by atoms with E-state index in [9.17, 15) is 10.1 Å². The second-order valence-electron chi connectivity index (χ2n) is 7.80. The van der Waals surface area contributed by atoms with Gasteiger partial charge in [-0.3, -0.25) is 0 Å². The Morgan fingerprint density at radius 3 is 2.55 bits per heavy atom. The minimum atomic E-state index is -0.608. The fourth-order valence-corrected chi connectivity index (χ4v) is 5.39. The van der Waals surface area contributed by atoms with Crippen LogP contribution in [0.4, 0.5) is 0 Å². The summed E-state index contributed by atoms with van der Waals surface area (Å²) in [5.74, 6) is 0. The summed E-state index contributed by atoms with van der Waals surface area (Å²) in [6.45, 7) is 7.21. The normalized spacial score (nSPS) is 42.0. The van der Waals surface area contributed by atoms with Gasteiger partial charge in [0, 0.05) is 0 Å². The van der Waals surface area contributed by atoms with Crippen LogP contribution in [0.3, 0.4) is 0 Å². The summed E-state index contributed by atoms with van der Waals surface area (Å²) in [6, 6.07) is 0. The first kappa shape index (κ1) is 15.5. The van der Waals surface area contributed by atoms with Crippen LogP contribution in [0.5, 0.6) is 0 Å². The quantitative estimate of drug-likeness (QED) is 0.620. The molecule has 0 aromatic heterocycles. The Bertz CT molecular complexity index is 387. The van der Waals surface area contributed by atoms with Crippen LogP contribution in [0.25, 0.3) is 0 Å². The zero-order valence-electron chi connectivity index (χ0n) is 13.0. The van der Waals surface area contributed by atoms with Gasteiger partial charge >= 0.3 is 0 Å². The molecule has 116 valence electrons. The van der Waals surface area contributed by atoms with Gasteiger partial charge in [-0.25, -0.2) is 0 Å². The Balaban J connectivity index is 2.32. The highest BCUT2D eigenvalue weighted by atomic mass is 17.0. The molecule has 0 saturated heterocycles. The first-order valence-electron chi connectivity index (χ1n) is 7.78. The van der Waals surface area contributed by atoms with Crippen molar-refractivity contribution in [3.63, 3.8) is 0 Å². The van der Waals surface area contributed by atoms with Crippen molar-refractivity contribution in [2.24, 2.45) is 22.0 Å². The summed E-state index contributed by atoms with van der Waals surface area (Å²) < 4.78 is 0. The van der Waals surface area contributed by atoms with E-state index in [4.69, 9.17) is 10.6 Å².